The number of imide groups is 2. The summed E-state index contributed by atoms with van der Waals surface area (Å²) in [4.78, 5) is 59.4. The fourth-order valence-electron chi connectivity index (χ4n) is 9.79. The molecule has 0 bridgehead atoms. The summed E-state index contributed by atoms with van der Waals surface area (Å²) in [5.41, 5.74) is 6.47. The van der Waals surface area contributed by atoms with Crippen molar-refractivity contribution >= 4 is 52.1 Å². The van der Waals surface area contributed by atoms with E-state index in [1.54, 1.807) is 36.4 Å². The van der Waals surface area contributed by atoms with Crippen molar-refractivity contribution in [3.05, 3.63) is 119 Å². The summed E-state index contributed by atoms with van der Waals surface area (Å²) in [5.74, 6) is 0.260. The highest BCUT2D eigenvalue weighted by Crippen LogP contribution is 2.37. The SMILES string of the molecule is CC1CN(CC2CCN(CCOc3ccc(C(=C(CCCl)c4ccc(O)cc4)c4ccc(O)cc4)cc3)CC2)CC(C)N1c1ccc2c(c1)C(=O)N(C1CCC(=O)NC1=O)C2=O. The molecule has 4 heterocycles. The summed E-state index contributed by atoms with van der Waals surface area (Å²) in [6.45, 7) is 10.7. The van der Waals surface area contributed by atoms with Crippen LogP contribution in [0.1, 0.15) is 83.4 Å². The maximum absolute atomic E-state index is 13.5. The van der Waals surface area contributed by atoms with E-state index < -0.39 is 29.7 Å². The number of fused-ring (bicyclic) bond motifs is 1. The third-order valence-electron chi connectivity index (χ3n) is 12.8. The predicted octanol–water partition coefficient (Wildman–Crippen LogP) is 6.78. The van der Waals surface area contributed by atoms with Gasteiger partial charge in [-0.2, -0.15) is 0 Å². The van der Waals surface area contributed by atoms with Crippen LogP contribution in [0.5, 0.6) is 17.2 Å². The van der Waals surface area contributed by atoms with Crippen LogP contribution in [0, 0.1) is 5.92 Å². The second-order valence-electron chi connectivity index (χ2n) is 17.0. The quantitative estimate of drug-likeness (QED) is 0.0749. The van der Waals surface area contributed by atoms with Crippen LogP contribution >= 0.6 is 11.6 Å². The molecule has 0 radical (unpaired) electrons. The van der Waals surface area contributed by atoms with Gasteiger partial charge in [-0.3, -0.25) is 39.2 Å². The molecule has 3 fully saturated rings. The zero-order valence-electron chi connectivity index (χ0n) is 35.3. The van der Waals surface area contributed by atoms with Gasteiger partial charge in [0.05, 0.1) is 11.1 Å². The first-order chi connectivity index (χ1) is 30.0. The molecule has 0 saturated carbocycles. The second kappa shape index (κ2) is 18.7. The summed E-state index contributed by atoms with van der Waals surface area (Å²) in [6, 6.07) is 27.3. The molecule has 3 unspecified atom stereocenters. The number of likely N-dealkylation sites (tertiary alicyclic amines) is 1. The van der Waals surface area contributed by atoms with Gasteiger partial charge in [0.15, 0.2) is 0 Å². The number of aromatic hydroxyl groups is 2. The molecule has 62 heavy (non-hydrogen) atoms. The lowest BCUT2D eigenvalue weighted by atomic mass is 9.88. The van der Waals surface area contributed by atoms with E-state index in [9.17, 15) is 29.4 Å². The Kier molecular flexibility index (Phi) is 13.0. The molecule has 8 rings (SSSR count). The molecular formula is C49H54ClN5O7. The lowest BCUT2D eigenvalue weighted by molar-refractivity contribution is -0.136. The number of allylic oxidation sites excluding steroid dienone is 1. The second-order valence-corrected chi connectivity index (χ2v) is 17.4. The van der Waals surface area contributed by atoms with Crippen LogP contribution < -0.4 is 15.0 Å². The lowest BCUT2D eigenvalue weighted by Gasteiger charge is -2.47. The van der Waals surface area contributed by atoms with E-state index in [1.165, 1.54) is 0 Å². The Morgan fingerprint density at radius 2 is 1.34 bits per heavy atom. The number of halogens is 1. The zero-order valence-corrected chi connectivity index (χ0v) is 36.0. The van der Waals surface area contributed by atoms with Crippen LogP contribution in [0.2, 0.25) is 0 Å². The number of alkyl halides is 1. The van der Waals surface area contributed by atoms with Gasteiger partial charge in [-0.05, 0) is 141 Å². The number of anilines is 1. The fraction of sp³-hybridized carbons (Fsp3) is 0.388. The van der Waals surface area contributed by atoms with E-state index in [0.717, 1.165) is 96.3 Å². The maximum atomic E-state index is 13.5. The van der Waals surface area contributed by atoms with Crippen LogP contribution in [0.15, 0.2) is 91.0 Å². The minimum absolute atomic E-state index is 0.0896. The van der Waals surface area contributed by atoms with Crippen molar-refractivity contribution in [3.8, 4) is 17.2 Å². The van der Waals surface area contributed by atoms with Crippen molar-refractivity contribution in [2.45, 2.75) is 64.1 Å². The molecule has 0 aliphatic carbocycles. The van der Waals surface area contributed by atoms with Gasteiger partial charge in [0.25, 0.3) is 11.8 Å². The van der Waals surface area contributed by atoms with Crippen molar-refractivity contribution in [3.63, 3.8) is 0 Å². The van der Waals surface area contributed by atoms with Crippen molar-refractivity contribution in [2.24, 2.45) is 5.92 Å². The van der Waals surface area contributed by atoms with Crippen LogP contribution in [0.25, 0.3) is 11.1 Å². The molecule has 4 aliphatic rings. The first kappa shape index (κ1) is 43.0. The predicted molar refractivity (Wildman–Crippen MR) is 240 cm³/mol. The number of carbonyl (C=O) groups excluding carboxylic acids is 4. The summed E-state index contributed by atoms with van der Waals surface area (Å²) < 4.78 is 6.25. The van der Waals surface area contributed by atoms with Gasteiger partial charge in [0.2, 0.25) is 11.8 Å². The monoisotopic (exact) mass is 859 g/mol. The third kappa shape index (κ3) is 9.23. The molecule has 0 aromatic heterocycles. The van der Waals surface area contributed by atoms with Crippen LogP contribution in [0.4, 0.5) is 5.69 Å². The number of phenols is 2. The molecule has 13 heteroatoms. The van der Waals surface area contributed by atoms with Crippen molar-refractivity contribution in [2.75, 3.05) is 56.7 Å². The Morgan fingerprint density at radius 1 is 0.742 bits per heavy atom. The number of ether oxygens (including phenoxy) is 1. The number of hydrogen-bond donors (Lipinski definition) is 3. The van der Waals surface area contributed by atoms with Crippen molar-refractivity contribution < 1.29 is 34.1 Å². The fourth-order valence-corrected chi connectivity index (χ4v) is 9.98. The van der Waals surface area contributed by atoms with Gasteiger partial charge in [-0.1, -0.05) is 36.4 Å². The van der Waals surface area contributed by atoms with Gasteiger partial charge in [-0.25, -0.2) is 0 Å². The molecule has 0 spiro atoms. The van der Waals surface area contributed by atoms with Crippen molar-refractivity contribution in [1.82, 2.24) is 20.0 Å². The molecule has 3 N–H and O–H groups in total. The smallest absolute Gasteiger partial charge is 0.262 e. The van der Waals surface area contributed by atoms with Crippen LogP contribution in [-0.4, -0.2) is 118 Å². The third-order valence-corrected chi connectivity index (χ3v) is 13.0. The molecule has 12 nitrogen and oxygen atoms in total. The zero-order chi connectivity index (χ0) is 43.5. The minimum atomic E-state index is -0.980. The van der Waals surface area contributed by atoms with Crippen LogP contribution in [-0.2, 0) is 9.59 Å². The molecule has 4 aromatic carbocycles. The molecule has 3 atom stereocenters. The van der Waals surface area contributed by atoms with E-state index in [-0.39, 0.29) is 36.4 Å². The summed E-state index contributed by atoms with van der Waals surface area (Å²) in [5, 5.41) is 22.2. The number of benzene rings is 4. The lowest BCUT2D eigenvalue weighted by Crippen LogP contribution is -2.58. The first-order valence-electron chi connectivity index (χ1n) is 21.7. The van der Waals surface area contributed by atoms with E-state index in [1.807, 2.05) is 42.5 Å². The Bertz CT molecular complexity index is 2310. The van der Waals surface area contributed by atoms with Gasteiger partial charge in [-0.15, -0.1) is 11.6 Å². The topological polar surface area (TPSA) is 143 Å². The average Bonchev–Trinajstić information content (AvgIpc) is 3.50. The standard InChI is InChI=1S/C49H54ClN5O7/c1-31-28-53(29-32(2)54(31)37-9-16-42-43(27-37)49(61)55(48(42)60)44-17-18-45(58)51-47(44)59)30-33-20-23-52(24-21-33)25-26-62-40-14-7-36(8-15-40)46(35-5-12-39(57)13-6-35)41(19-22-50)34-3-10-38(56)11-4-34/h3-16,27,31-33,44,56-57H,17-26,28-30H2,1-2H3,(H,51,58,59). The summed E-state index contributed by atoms with van der Waals surface area (Å²) >= 11 is 6.32. The van der Waals surface area contributed by atoms with E-state index in [0.29, 0.717) is 36.0 Å². The van der Waals surface area contributed by atoms with Gasteiger partial charge < -0.3 is 19.8 Å². The highest BCUT2D eigenvalue weighted by Gasteiger charge is 2.45. The Balaban J connectivity index is 0.821. The van der Waals surface area contributed by atoms with Crippen molar-refractivity contribution in [1.29, 1.82) is 0 Å². The summed E-state index contributed by atoms with van der Waals surface area (Å²) in [6.07, 6.45) is 3.09. The van der Waals surface area contributed by atoms with Gasteiger partial charge in [0.1, 0.15) is 29.9 Å². The average molecular weight is 860 g/mol. The number of nitrogens with zero attached hydrogens (tertiary/aromatic N) is 4. The first-order valence-corrected chi connectivity index (χ1v) is 22.2. The van der Waals surface area contributed by atoms with Gasteiger partial charge >= 0.3 is 0 Å². The molecule has 4 amide bonds. The number of carbonyl (C=O) groups is 4. The molecule has 4 aromatic rings. The Labute approximate surface area is 367 Å². The Morgan fingerprint density at radius 3 is 1.95 bits per heavy atom. The van der Waals surface area contributed by atoms with E-state index in [2.05, 4.69) is 46.0 Å². The van der Waals surface area contributed by atoms with Crippen LogP contribution in [0.3, 0.4) is 0 Å². The number of piperidine rings is 2. The summed E-state index contributed by atoms with van der Waals surface area (Å²) in [7, 11) is 0. The number of phenolic OH excluding ortho intramolecular Hbond substituents is 2. The molecule has 4 aliphatic heterocycles. The largest absolute Gasteiger partial charge is 0.508 e. The molecule has 324 valence electrons. The molecule has 3 saturated heterocycles. The minimum Gasteiger partial charge on any atom is -0.508 e. The van der Waals surface area contributed by atoms with E-state index >= 15 is 0 Å². The number of rotatable bonds is 13. The number of piperazine rings is 1. The number of amides is 4. The number of hydrogen-bond acceptors (Lipinski definition) is 10. The number of nitrogens with one attached hydrogen (secondary N) is 1. The van der Waals surface area contributed by atoms with Gasteiger partial charge in [0, 0.05) is 56.3 Å². The maximum Gasteiger partial charge on any atom is 0.262 e. The molecular weight excluding hydrogens is 806 g/mol. The highest BCUT2D eigenvalue weighted by molar-refractivity contribution is 6.23. The normalized spacial score (nSPS) is 21.8. The Hall–Kier alpha value is -5.69. The highest BCUT2D eigenvalue weighted by atomic mass is 35.5. The van der Waals surface area contributed by atoms with E-state index in [4.69, 9.17) is 16.3 Å².